The molecular weight excluding hydrogens is 897 g/mol. The summed E-state index contributed by atoms with van der Waals surface area (Å²) in [7, 11) is 3.22. The van der Waals surface area contributed by atoms with Gasteiger partial charge in [0.1, 0.15) is 48.6 Å². The molecule has 3 N–H and O–H groups in total. The Morgan fingerprint density at radius 3 is 2.26 bits per heavy atom. The molecule has 7 rings (SSSR count). The quantitative estimate of drug-likeness (QED) is 0.171. The molecule has 2 bridgehead atoms. The molecular formula is C52H80O17. The van der Waals surface area contributed by atoms with E-state index in [9.17, 15) is 24.9 Å². The fourth-order valence-corrected chi connectivity index (χ4v) is 11.6. The lowest BCUT2D eigenvalue weighted by molar-refractivity contribution is -0.354. The Balaban J connectivity index is 1.14. The van der Waals surface area contributed by atoms with E-state index in [2.05, 4.69) is 19.9 Å². The van der Waals surface area contributed by atoms with Crippen LogP contribution in [0.2, 0.25) is 0 Å². The van der Waals surface area contributed by atoms with Gasteiger partial charge in [0, 0.05) is 58.2 Å². The zero-order valence-electron chi connectivity index (χ0n) is 42.5. The Labute approximate surface area is 408 Å². The number of carbonyl (C=O) groups excluding carboxylic acids is 2. The second-order valence-electron chi connectivity index (χ2n) is 20.6. The van der Waals surface area contributed by atoms with Crippen molar-refractivity contribution in [3.8, 4) is 0 Å². The SMILES string of the molecule is CCOC(=O)CO[C@H]1[C@H](C)O[C@@H](OC2[C@H](C)O[C@@H](OC3/C(C)=C/C[C@@H]4C[C@@H](C[C@]5(CC(O)[C@H](C)[C@@H](C(C)CC)O5)O4)OC(=O)C4C=C(C)[C@@H](O)[C@H]5OC/C(=C/C=C/[C@@H]3C)C45O)C[C@@H]2OC)C[C@@H]1OC. The summed E-state index contributed by atoms with van der Waals surface area (Å²) in [5.74, 6) is -3.72. The molecule has 1 spiro atoms. The van der Waals surface area contributed by atoms with E-state index in [-0.39, 0.29) is 56.5 Å². The van der Waals surface area contributed by atoms with Crippen LogP contribution >= 0.6 is 0 Å². The number of allylic oxidation sites excluding steroid dienone is 2. The van der Waals surface area contributed by atoms with Crippen LogP contribution in [0.15, 0.2) is 47.1 Å². The Bertz CT molecular complexity index is 1890. The van der Waals surface area contributed by atoms with Gasteiger partial charge in [0.2, 0.25) is 0 Å². The average molecular weight is 977 g/mol. The Kier molecular flexibility index (Phi) is 18.1. The molecule has 1 aliphatic carbocycles. The number of hydrogen-bond acceptors (Lipinski definition) is 17. The van der Waals surface area contributed by atoms with Crippen molar-refractivity contribution >= 4 is 11.9 Å². The minimum atomic E-state index is -1.88. The van der Waals surface area contributed by atoms with Crippen LogP contribution in [0.1, 0.15) is 107 Å². The average Bonchev–Trinajstić information content (AvgIpc) is 3.65. The van der Waals surface area contributed by atoms with Crippen molar-refractivity contribution in [2.45, 2.75) is 211 Å². The molecule has 6 unspecified atom stereocenters. The molecule has 0 radical (unpaired) electrons. The number of hydrogen-bond donors (Lipinski definition) is 3. The molecule has 0 aromatic heterocycles. The third-order valence-corrected chi connectivity index (χ3v) is 15.7. The van der Waals surface area contributed by atoms with Crippen LogP contribution in [-0.4, -0.2) is 165 Å². The molecule has 17 nitrogen and oxygen atoms in total. The van der Waals surface area contributed by atoms with Crippen LogP contribution < -0.4 is 0 Å². The number of aliphatic hydroxyl groups excluding tert-OH is 2. The molecule has 5 saturated heterocycles. The molecule has 21 atom stereocenters. The van der Waals surface area contributed by atoms with Crippen LogP contribution in [0.4, 0.5) is 0 Å². The minimum absolute atomic E-state index is 0.000297. The van der Waals surface area contributed by atoms with Gasteiger partial charge in [-0.25, -0.2) is 4.79 Å². The molecule has 6 heterocycles. The van der Waals surface area contributed by atoms with Crippen molar-refractivity contribution in [2.75, 3.05) is 34.0 Å². The topological polar surface area (TPSA) is 206 Å². The molecule has 17 heteroatoms. The van der Waals surface area contributed by atoms with E-state index in [0.717, 1.165) is 12.0 Å². The molecule has 69 heavy (non-hydrogen) atoms. The van der Waals surface area contributed by atoms with Crippen LogP contribution in [0.3, 0.4) is 0 Å². The summed E-state index contributed by atoms with van der Waals surface area (Å²) in [5, 5.41) is 35.4. The normalized spacial score (nSPS) is 46.6. The van der Waals surface area contributed by atoms with Gasteiger partial charge in [0.25, 0.3) is 0 Å². The van der Waals surface area contributed by atoms with Gasteiger partial charge in [-0.2, -0.15) is 0 Å². The summed E-state index contributed by atoms with van der Waals surface area (Å²) in [6, 6.07) is 0. The van der Waals surface area contributed by atoms with E-state index in [0.29, 0.717) is 36.8 Å². The van der Waals surface area contributed by atoms with Gasteiger partial charge in [-0.1, -0.05) is 64.5 Å². The highest BCUT2D eigenvalue weighted by Gasteiger charge is 2.60. The third kappa shape index (κ3) is 11.8. The van der Waals surface area contributed by atoms with Gasteiger partial charge in [0.05, 0.1) is 62.0 Å². The summed E-state index contributed by atoms with van der Waals surface area (Å²) in [4.78, 5) is 26.5. The number of rotatable bonds is 12. The maximum absolute atomic E-state index is 14.4. The van der Waals surface area contributed by atoms with Crippen LogP contribution in [0, 0.1) is 23.7 Å². The number of carbonyl (C=O) groups is 2. The van der Waals surface area contributed by atoms with Crippen molar-refractivity contribution in [3.63, 3.8) is 0 Å². The lowest BCUT2D eigenvalue weighted by Gasteiger charge is -2.52. The monoisotopic (exact) mass is 977 g/mol. The number of aliphatic hydroxyl groups is 3. The first-order valence-electron chi connectivity index (χ1n) is 25.3. The van der Waals surface area contributed by atoms with Gasteiger partial charge in [-0.3, -0.25) is 4.79 Å². The molecule has 0 aromatic rings. The Morgan fingerprint density at radius 2 is 1.58 bits per heavy atom. The Hall–Kier alpha value is -2.62. The summed E-state index contributed by atoms with van der Waals surface area (Å²) < 4.78 is 75.4. The van der Waals surface area contributed by atoms with E-state index >= 15 is 0 Å². The summed E-state index contributed by atoms with van der Waals surface area (Å²) >= 11 is 0. The highest BCUT2D eigenvalue weighted by Crippen LogP contribution is 2.48. The maximum atomic E-state index is 14.4. The Morgan fingerprint density at radius 1 is 0.899 bits per heavy atom. The van der Waals surface area contributed by atoms with Gasteiger partial charge < -0.3 is 72.2 Å². The van der Waals surface area contributed by atoms with Crippen molar-refractivity contribution in [2.24, 2.45) is 23.7 Å². The van der Waals surface area contributed by atoms with E-state index in [1.165, 1.54) is 0 Å². The lowest BCUT2D eigenvalue weighted by atomic mass is 9.71. The van der Waals surface area contributed by atoms with E-state index in [1.54, 1.807) is 40.2 Å². The summed E-state index contributed by atoms with van der Waals surface area (Å²) in [6.45, 7) is 17.5. The molecule has 0 aromatic carbocycles. The third-order valence-electron chi connectivity index (χ3n) is 15.7. The highest BCUT2D eigenvalue weighted by atomic mass is 16.7. The smallest absolute Gasteiger partial charge is 0.332 e. The van der Waals surface area contributed by atoms with E-state index in [1.807, 2.05) is 46.8 Å². The van der Waals surface area contributed by atoms with Gasteiger partial charge in [-0.05, 0) is 63.7 Å². The molecule has 7 aliphatic rings. The lowest BCUT2D eigenvalue weighted by Crippen LogP contribution is -2.60. The number of ether oxygens (including phenoxy) is 12. The predicted octanol–water partition coefficient (Wildman–Crippen LogP) is 5.16. The fourth-order valence-electron chi connectivity index (χ4n) is 11.6. The standard InChI is InChI=1S/C52H80O17/c1-12-27(3)46-31(7)38(53)24-51(69-46)23-36-20-35(68-51)18-17-29(5)45(28(4)15-14-16-34-25-62-49-44(55)30(6)19-37(50(56)65-36)52(34,49)57)66-42-22-40(59-11)48(33(9)64-42)67-43-21-39(58-10)47(32(8)63-43)61-26-41(54)60-13-2/h14-17,19,27-28,31-33,35-40,42-49,53,55,57H,12-13,18,20-26H2,1-11H3/b15-14+,29-17+,34-16-/t27?,28-,31-,32-,33-,35+,36-,37?,38?,39-,40-,42-,43-,44+,45?,46+,47-,48?,49+,51-,52?/m0/s1. The second-order valence-corrected chi connectivity index (χ2v) is 20.6. The van der Waals surface area contributed by atoms with Gasteiger partial charge in [0.15, 0.2) is 18.4 Å². The zero-order valence-corrected chi connectivity index (χ0v) is 42.5. The second kappa shape index (κ2) is 23.1. The minimum Gasteiger partial charge on any atom is -0.464 e. The first kappa shape index (κ1) is 54.2. The summed E-state index contributed by atoms with van der Waals surface area (Å²) in [6.07, 6.45) is 2.92. The van der Waals surface area contributed by atoms with Crippen LogP contribution in [-0.2, 0) is 66.4 Å². The van der Waals surface area contributed by atoms with Crippen molar-refractivity contribution in [1.82, 2.24) is 0 Å². The first-order chi connectivity index (χ1) is 32.8. The van der Waals surface area contributed by atoms with E-state index < -0.39 is 115 Å². The largest absolute Gasteiger partial charge is 0.464 e. The molecule has 5 fully saturated rings. The van der Waals surface area contributed by atoms with E-state index in [4.69, 9.17) is 56.8 Å². The number of esters is 2. The predicted molar refractivity (Wildman–Crippen MR) is 249 cm³/mol. The fraction of sp³-hybridized carbons (Fsp3) is 0.808. The zero-order chi connectivity index (χ0) is 49.9. The molecule has 0 amide bonds. The number of methoxy groups -OCH3 is 2. The molecule has 6 aliphatic heterocycles. The van der Waals surface area contributed by atoms with Gasteiger partial charge in [-0.15, -0.1) is 0 Å². The first-order valence-corrected chi connectivity index (χ1v) is 25.3. The van der Waals surface area contributed by atoms with Crippen molar-refractivity contribution in [3.05, 3.63) is 47.1 Å². The highest BCUT2D eigenvalue weighted by molar-refractivity contribution is 5.78. The van der Waals surface area contributed by atoms with Crippen LogP contribution in [0.5, 0.6) is 0 Å². The molecule has 0 saturated carbocycles. The van der Waals surface area contributed by atoms with Crippen molar-refractivity contribution < 1.29 is 81.8 Å². The molecule has 390 valence electrons. The summed E-state index contributed by atoms with van der Waals surface area (Å²) in [5.41, 5.74) is -0.0193. The van der Waals surface area contributed by atoms with Gasteiger partial charge >= 0.3 is 11.9 Å². The van der Waals surface area contributed by atoms with Crippen LogP contribution in [0.25, 0.3) is 0 Å². The number of fused-ring (bicyclic) bond motifs is 2. The maximum Gasteiger partial charge on any atom is 0.332 e. The van der Waals surface area contributed by atoms with Crippen molar-refractivity contribution in [1.29, 1.82) is 0 Å².